The topological polar surface area (TPSA) is 42.5 Å². The first-order valence-electron chi connectivity index (χ1n) is 7.91. The standard InChI is InChI=1S/C17H28N2O2S/c1-5-7-8-13(6-2)12-18-17(22)19-14-9-10-15(20-3)16(11-14)21-4/h9-11,13H,5-8,12H2,1-4H3,(H2,18,19,22). The van der Waals surface area contributed by atoms with Crippen molar-refractivity contribution in [3.8, 4) is 11.5 Å². The van der Waals surface area contributed by atoms with E-state index in [-0.39, 0.29) is 0 Å². The van der Waals surface area contributed by atoms with Crippen LogP contribution in [0.5, 0.6) is 11.5 Å². The van der Waals surface area contributed by atoms with Crippen molar-refractivity contribution in [1.29, 1.82) is 0 Å². The van der Waals surface area contributed by atoms with Gasteiger partial charge in [-0.15, -0.1) is 0 Å². The highest BCUT2D eigenvalue weighted by Gasteiger charge is 2.08. The molecule has 0 bridgehead atoms. The number of methoxy groups -OCH3 is 2. The van der Waals surface area contributed by atoms with E-state index in [0.717, 1.165) is 12.2 Å². The molecule has 0 aliphatic heterocycles. The minimum absolute atomic E-state index is 0.641. The Morgan fingerprint density at radius 1 is 1.18 bits per heavy atom. The Labute approximate surface area is 139 Å². The summed E-state index contributed by atoms with van der Waals surface area (Å²) in [5, 5.41) is 7.13. The molecule has 0 saturated heterocycles. The van der Waals surface area contributed by atoms with Gasteiger partial charge in [-0.05, 0) is 36.7 Å². The molecule has 1 aromatic carbocycles. The quantitative estimate of drug-likeness (QED) is 0.666. The zero-order valence-electron chi connectivity index (χ0n) is 14.1. The van der Waals surface area contributed by atoms with Gasteiger partial charge in [0.2, 0.25) is 0 Å². The van der Waals surface area contributed by atoms with Crippen LogP contribution >= 0.6 is 12.2 Å². The predicted molar refractivity (Wildman–Crippen MR) is 97.1 cm³/mol. The van der Waals surface area contributed by atoms with Gasteiger partial charge in [-0.2, -0.15) is 0 Å². The fourth-order valence-corrected chi connectivity index (χ4v) is 2.47. The number of anilines is 1. The van der Waals surface area contributed by atoms with Crippen molar-refractivity contribution in [2.24, 2.45) is 5.92 Å². The highest BCUT2D eigenvalue weighted by molar-refractivity contribution is 7.80. The lowest BCUT2D eigenvalue weighted by Gasteiger charge is -2.17. The molecule has 0 aliphatic carbocycles. The maximum atomic E-state index is 5.36. The van der Waals surface area contributed by atoms with Crippen molar-refractivity contribution in [3.63, 3.8) is 0 Å². The van der Waals surface area contributed by atoms with Crippen LogP contribution < -0.4 is 20.1 Å². The minimum atomic E-state index is 0.641. The van der Waals surface area contributed by atoms with Crippen molar-refractivity contribution in [3.05, 3.63) is 18.2 Å². The molecule has 0 aliphatic rings. The molecule has 0 saturated carbocycles. The zero-order valence-corrected chi connectivity index (χ0v) is 14.9. The van der Waals surface area contributed by atoms with Crippen molar-refractivity contribution in [2.75, 3.05) is 26.1 Å². The van der Waals surface area contributed by atoms with Gasteiger partial charge in [0.15, 0.2) is 16.6 Å². The third-order valence-electron chi connectivity index (χ3n) is 3.74. The van der Waals surface area contributed by atoms with Gasteiger partial charge >= 0.3 is 0 Å². The molecule has 22 heavy (non-hydrogen) atoms. The predicted octanol–water partition coefficient (Wildman–Crippen LogP) is 4.21. The molecule has 0 fully saturated rings. The van der Waals surface area contributed by atoms with Crippen LogP contribution in [0.2, 0.25) is 0 Å². The van der Waals surface area contributed by atoms with Gasteiger partial charge in [0, 0.05) is 18.3 Å². The van der Waals surface area contributed by atoms with E-state index in [9.17, 15) is 0 Å². The van der Waals surface area contributed by atoms with Crippen molar-refractivity contribution in [2.45, 2.75) is 39.5 Å². The third kappa shape index (κ3) is 6.10. The van der Waals surface area contributed by atoms with Crippen LogP contribution in [-0.2, 0) is 0 Å². The third-order valence-corrected chi connectivity index (χ3v) is 3.98. The Kier molecular flexibility index (Phi) is 8.67. The second-order valence-corrected chi connectivity index (χ2v) is 5.73. The fourth-order valence-electron chi connectivity index (χ4n) is 2.27. The molecule has 0 spiro atoms. The van der Waals surface area contributed by atoms with E-state index in [4.69, 9.17) is 21.7 Å². The van der Waals surface area contributed by atoms with E-state index < -0.39 is 0 Å². The minimum Gasteiger partial charge on any atom is -0.493 e. The lowest BCUT2D eigenvalue weighted by Crippen LogP contribution is -2.32. The van der Waals surface area contributed by atoms with Crippen LogP contribution in [0.4, 0.5) is 5.69 Å². The van der Waals surface area contributed by atoms with E-state index in [0.29, 0.717) is 22.5 Å². The van der Waals surface area contributed by atoms with Gasteiger partial charge in [-0.1, -0.05) is 33.1 Å². The van der Waals surface area contributed by atoms with Gasteiger partial charge in [0.05, 0.1) is 14.2 Å². The molecular formula is C17H28N2O2S. The Morgan fingerprint density at radius 2 is 1.91 bits per heavy atom. The summed E-state index contributed by atoms with van der Waals surface area (Å²) in [4.78, 5) is 0. The number of hydrogen-bond donors (Lipinski definition) is 2. The molecule has 2 N–H and O–H groups in total. The van der Waals surface area contributed by atoms with Crippen molar-refractivity contribution < 1.29 is 9.47 Å². The number of hydrogen-bond acceptors (Lipinski definition) is 3. The molecule has 1 atom stereocenters. The molecule has 0 amide bonds. The van der Waals surface area contributed by atoms with Gasteiger partial charge in [0.25, 0.3) is 0 Å². The summed E-state index contributed by atoms with van der Waals surface area (Å²) in [6.07, 6.45) is 4.94. The molecule has 1 unspecified atom stereocenters. The summed E-state index contributed by atoms with van der Waals surface area (Å²) in [5.41, 5.74) is 0.886. The summed E-state index contributed by atoms with van der Waals surface area (Å²) < 4.78 is 10.5. The normalized spacial score (nSPS) is 11.6. The van der Waals surface area contributed by atoms with Crippen molar-refractivity contribution >= 4 is 23.0 Å². The van der Waals surface area contributed by atoms with Gasteiger partial charge in [0.1, 0.15) is 0 Å². The number of thiocarbonyl (C=S) groups is 1. The number of benzene rings is 1. The van der Waals surface area contributed by atoms with E-state index in [1.54, 1.807) is 14.2 Å². The SMILES string of the molecule is CCCCC(CC)CNC(=S)Nc1ccc(OC)c(OC)c1. The highest BCUT2D eigenvalue weighted by atomic mass is 32.1. The summed E-state index contributed by atoms with van der Waals surface area (Å²) in [6.45, 7) is 5.37. The number of nitrogens with one attached hydrogen (secondary N) is 2. The molecule has 1 aromatic rings. The van der Waals surface area contributed by atoms with E-state index in [2.05, 4.69) is 24.5 Å². The number of rotatable bonds is 9. The largest absolute Gasteiger partial charge is 0.493 e. The second kappa shape index (κ2) is 10.3. The maximum Gasteiger partial charge on any atom is 0.170 e. The van der Waals surface area contributed by atoms with Crippen molar-refractivity contribution in [1.82, 2.24) is 5.32 Å². The van der Waals surface area contributed by atoms with Crippen LogP contribution in [-0.4, -0.2) is 25.9 Å². The molecule has 1 rings (SSSR count). The summed E-state index contributed by atoms with van der Waals surface area (Å²) in [6, 6.07) is 5.66. The molecule has 4 nitrogen and oxygen atoms in total. The Bertz CT molecular complexity index is 466. The van der Waals surface area contributed by atoms with Crippen LogP contribution in [0.15, 0.2) is 18.2 Å². The Hall–Kier alpha value is -1.49. The van der Waals surface area contributed by atoms with Crippen LogP contribution in [0.3, 0.4) is 0 Å². The van der Waals surface area contributed by atoms with E-state index in [1.165, 1.54) is 25.7 Å². The average molecular weight is 324 g/mol. The maximum absolute atomic E-state index is 5.36. The summed E-state index contributed by atoms with van der Waals surface area (Å²) >= 11 is 5.36. The van der Waals surface area contributed by atoms with Crippen LogP contribution in [0.1, 0.15) is 39.5 Å². The number of unbranched alkanes of at least 4 members (excludes halogenated alkanes) is 1. The summed E-state index contributed by atoms with van der Waals surface area (Å²) in [7, 11) is 3.25. The Morgan fingerprint density at radius 3 is 2.50 bits per heavy atom. The molecule has 124 valence electrons. The lowest BCUT2D eigenvalue weighted by atomic mass is 9.99. The Balaban J connectivity index is 2.50. The van der Waals surface area contributed by atoms with Crippen LogP contribution in [0, 0.1) is 5.92 Å². The average Bonchev–Trinajstić information content (AvgIpc) is 2.54. The first kappa shape index (κ1) is 18.6. The van der Waals surface area contributed by atoms with E-state index >= 15 is 0 Å². The lowest BCUT2D eigenvalue weighted by molar-refractivity contribution is 0.355. The van der Waals surface area contributed by atoms with E-state index in [1.807, 2.05) is 18.2 Å². The summed E-state index contributed by atoms with van der Waals surface area (Å²) in [5.74, 6) is 2.06. The fraction of sp³-hybridized carbons (Fsp3) is 0.588. The molecule has 0 heterocycles. The van der Waals surface area contributed by atoms with Gasteiger partial charge in [-0.25, -0.2) is 0 Å². The van der Waals surface area contributed by atoms with Gasteiger partial charge < -0.3 is 20.1 Å². The molecule has 0 aromatic heterocycles. The smallest absolute Gasteiger partial charge is 0.170 e. The first-order valence-corrected chi connectivity index (χ1v) is 8.32. The van der Waals surface area contributed by atoms with Gasteiger partial charge in [-0.3, -0.25) is 0 Å². The monoisotopic (exact) mass is 324 g/mol. The highest BCUT2D eigenvalue weighted by Crippen LogP contribution is 2.29. The number of ether oxygens (including phenoxy) is 2. The first-order chi connectivity index (χ1) is 10.6. The second-order valence-electron chi connectivity index (χ2n) is 5.32. The molecule has 5 heteroatoms. The van der Waals surface area contributed by atoms with Crippen LogP contribution in [0.25, 0.3) is 0 Å². The molecule has 0 radical (unpaired) electrons. The molecular weight excluding hydrogens is 296 g/mol. The zero-order chi connectivity index (χ0) is 16.4.